The van der Waals surface area contributed by atoms with Crippen LogP contribution >= 0.6 is 0 Å². The van der Waals surface area contributed by atoms with Gasteiger partial charge in [-0.3, -0.25) is 14.6 Å². The van der Waals surface area contributed by atoms with Crippen molar-refractivity contribution in [3.05, 3.63) is 95.3 Å². The normalized spacial score (nSPS) is 15.4. The molecule has 2 aromatic carbocycles. The van der Waals surface area contributed by atoms with Gasteiger partial charge in [-0.15, -0.1) is 0 Å². The summed E-state index contributed by atoms with van der Waals surface area (Å²) >= 11 is 0. The van der Waals surface area contributed by atoms with Crippen molar-refractivity contribution in [1.82, 2.24) is 14.9 Å². The molecule has 0 spiro atoms. The van der Waals surface area contributed by atoms with Crippen LogP contribution in [0.4, 0.5) is 0 Å². The minimum atomic E-state index is -0.702. The Morgan fingerprint density at radius 1 is 1.03 bits per heavy atom. The van der Waals surface area contributed by atoms with Crippen molar-refractivity contribution in [3.8, 4) is 11.3 Å². The molecule has 1 aliphatic rings. The van der Waals surface area contributed by atoms with Gasteiger partial charge in [0.25, 0.3) is 5.91 Å². The fraction of sp³-hybridized carbons (Fsp3) is 0.154. The van der Waals surface area contributed by atoms with Crippen molar-refractivity contribution in [2.24, 2.45) is 5.73 Å². The molecule has 5 rings (SSSR count). The molecule has 2 aromatic heterocycles. The first kappa shape index (κ1) is 19.9. The minimum absolute atomic E-state index is 0.230. The number of primary amides is 1. The number of aryl methyl sites for hydroxylation is 1. The highest BCUT2D eigenvalue weighted by Crippen LogP contribution is 2.30. The van der Waals surface area contributed by atoms with Crippen LogP contribution in [-0.2, 0) is 17.8 Å². The van der Waals surface area contributed by atoms with Crippen LogP contribution in [0.15, 0.2) is 73.1 Å². The summed E-state index contributed by atoms with van der Waals surface area (Å²) in [6.07, 6.45) is 3.84. The number of fused-ring (bicyclic) bond motifs is 2. The van der Waals surface area contributed by atoms with E-state index in [0.717, 1.165) is 33.2 Å². The molecule has 6 heteroatoms. The quantitative estimate of drug-likeness (QED) is 0.546. The molecule has 3 heterocycles. The lowest BCUT2D eigenvalue weighted by Crippen LogP contribution is -2.51. The molecule has 0 saturated heterocycles. The summed E-state index contributed by atoms with van der Waals surface area (Å²) in [5.41, 5.74) is 11.5. The van der Waals surface area contributed by atoms with Gasteiger partial charge in [-0.05, 0) is 41.8 Å². The number of hydrogen-bond donors (Lipinski definition) is 1. The highest BCUT2D eigenvalue weighted by atomic mass is 16.2. The van der Waals surface area contributed by atoms with Gasteiger partial charge < -0.3 is 10.6 Å². The van der Waals surface area contributed by atoms with E-state index in [-0.39, 0.29) is 5.91 Å². The minimum Gasteiger partial charge on any atom is -0.368 e. The van der Waals surface area contributed by atoms with E-state index in [1.165, 1.54) is 0 Å². The van der Waals surface area contributed by atoms with Gasteiger partial charge in [-0.25, -0.2) is 4.98 Å². The number of benzene rings is 2. The number of carbonyl (C=O) groups is 2. The summed E-state index contributed by atoms with van der Waals surface area (Å²) < 4.78 is 0. The standard InChI is InChI=1S/C26H22N4O2/c1-16-6-4-10-20-21(13-22(29-24(16)20)18-9-5-11-28-14-18)26(32)30-15-19-8-3-2-7-17(19)12-23(30)25(27)31/h2-11,13-14,23H,12,15H2,1H3,(H2,27,31)/t23-/m0/s1. The van der Waals surface area contributed by atoms with Crippen molar-refractivity contribution in [3.63, 3.8) is 0 Å². The molecule has 158 valence electrons. The number of carbonyl (C=O) groups excluding carboxylic acids is 2. The van der Waals surface area contributed by atoms with Crippen LogP contribution in [0, 0.1) is 6.92 Å². The Bertz CT molecular complexity index is 1350. The Balaban J connectivity index is 1.67. The SMILES string of the molecule is Cc1cccc2c(C(=O)N3Cc4ccccc4C[C@H]3C(N)=O)cc(-c3cccnc3)nc12. The lowest BCUT2D eigenvalue weighted by molar-refractivity contribution is -0.122. The predicted octanol–water partition coefficient (Wildman–Crippen LogP) is 3.66. The molecule has 0 fully saturated rings. The summed E-state index contributed by atoms with van der Waals surface area (Å²) in [6.45, 7) is 2.31. The number of amides is 2. The van der Waals surface area contributed by atoms with Crippen molar-refractivity contribution < 1.29 is 9.59 Å². The zero-order valence-electron chi connectivity index (χ0n) is 17.7. The molecule has 0 saturated carbocycles. The molecule has 32 heavy (non-hydrogen) atoms. The highest BCUT2D eigenvalue weighted by molar-refractivity contribution is 6.09. The van der Waals surface area contributed by atoms with Crippen molar-refractivity contribution >= 4 is 22.7 Å². The van der Waals surface area contributed by atoms with E-state index < -0.39 is 11.9 Å². The van der Waals surface area contributed by atoms with Crippen LogP contribution in [0.2, 0.25) is 0 Å². The summed E-state index contributed by atoms with van der Waals surface area (Å²) in [6, 6.07) is 18.5. The first-order valence-electron chi connectivity index (χ1n) is 10.5. The van der Waals surface area contributed by atoms with Crippen molar-refractivity contribution in [2.75, 3.05) is 0 Å². The number of rotatable bonds is 3. The van der Waals surface area contributed by atoms with E-state index in [9.17, 15) is 9.59 Å². The van der Waals surface area contributed by atoms with Gasteiger partial charge >= 0.3 is 0 Å². The van der Waals surface area contributed by atoms with Gasteiger partial charge in [-0.1, -0.05) is 42.5 Å². The van der Waals surface area contributed by atoms with E-state index in [1.807, 2.05) is 61.5 Å². The maximum Gasteiger partial charge on any atom is 0.255 e. The smallest absolute Gasteiger partial charge is 0.255 e. The van der Waals surface area contributed by atoms with Gasteiger partial charge in [0, 0.05) is 36.3 Å². The Hall–Kier alpha value is -4.06. The van der Waals surface area contributed by atoms with Gasteiger partial charge in [0.1, 0.15) is 6.04 Å². The molecule has 1 atom stereocenters. The van der Waals surface area contributed by atoms with Gasteiger partial charge in [-0.2, -0.15) is 0 Å². The Kier molecular flexibility index (Phi) is 4.90. The molecule has 0 radical (unpaired) electrons. The molecule has 0 bridgehead atoms. The van der Waals surface area contributed by atoms with Gasteiger partial charge in [0.2, 0.25) is 5.91 Å². The molecule has 2 amide bonds. The number of nitrogens with two attached hydrogens (primary N) is 1. The van der Waals surface area contributed by atoms with Crippen LogP contribution in [-0.4, -0.2) is 32.7 Å². The summed E-state index contributed by atoms with van der Waals surface area (Å²) in [5, 5.41) is 0.754. The maximum absolute atomic E-state index is 13.9. The van der Waals surface area contributed by atoms with Gasteiger partial charge in [0.05, 0.1) is 16.8 Å². The van der Waals surface area contributed by atoms with Crippen LogP contribution in [0.25, 0.3) is 22.2 Å². The number of nitrogens with zero attached hydrogens (tertiary/aromatic N) is 3. The first-order chi connectivity index (χ1) is 15.5. The Morgan fingerprint density at radius 2 is 1.84 bits per heavy atom. The number of para-hydroxylation sites is 1. The third-order valence-electron chi connectivity index (χ3n) is 6.07. The topological polar surface area (TPSA) is 89.2 Å². The lowest BCUT2D eigenvalue weighted by Gasteiger charge is -2.35. The second kappa shape index (κ2) is 7.89. The fourth-order valence-electron chi connectivity index (χ4n) is 4.38. The number of pyridine rings is 2. The predicted molar refractivity (Wildman–Crippen MR) is 123 cm³/mol. The molecule has 0 aliphatic carbocycles. The molecular weight excluding hydrogens is 400 g/mol. The third kappa shape index (κ3) is 3.39. The number of hydrogen-bond acceptors (Lipinski definition) is 4. The zero-order valence-corrected chi connectivity index (χ0v) is 17.7. The second-order valence-corrected chi connectivity index (χ2v) is 8.09. The molecule has 4 aromatic rings. The monoisotopic (exact) mass is 422 g/mol. The van der Waals surface area contributed by atoms with Gasteiger partial charge in [0.15, 0.2) is 0 Å². The first-order valence-corrected chi connectivity index (χ1v) is 10.5. The van der Waals surface area contributed by atoms with Crippen LogP contribution in [0.5, 0.6) is 0 Å². The van der Waals surface area contributed by atoms with Crippen molar-refractivity contribution in [2.45, 2.75) is 25.9 Å². The average Bonchev–Trinajstić information content (AvgIpc) is 2.83. The van der Waals surface area contributed by atoms with E-state index in [1.54, 1.807) is 23.4 Å². The molecular formula is C26H22N4O2. The lowest BCUT2D eigenvalue weighted by atomic mass is 9.92. The van der Waals surface area contributed by atoms with E-state index >= 15 is 0 Å². The number of aromatic nitrogens is 2. The highest BCUT2D eigenvalue weighted by Gasteiger charge is 2.34. The average molecular weight is 422 g/mol. The third-order valence-corrected chi connectivity index (χ3v) is 6.07. The van der Waals surface area contributed by atoms with Crippen LogP contribution in [0.1, 0.15) is 27.0 Å². The van der Waals surface area contributed by atoms with Crippen LogP contribution < -0.4 is 5.73 Å². The summed E-state index contributed by atoms with van der Waals surface area (Å²) in [5.74, 6) is -0.735. The molecule has 2 N–H and O–H groups in total. The maximum atomic E-state index is 13.9. The van der Waals surface area contributed by atoms with E-state index in [0.29, 0.717) is 24.2 Å². The zero-order chi connectivity index (χ0) is 22.2. The molecule has 6 nitrogen and oxygen atoms in total. The second-order valence-electron chi connectivity index (χ2n) is 8.09. The summed E-state index contributed by atoms with van der Waals surface area (Å²) in [4.78, 5) is 36.8. The Labute approximate surface area is 185 Å². The van der Waals surface area contributed by atoms with Crippen molar-refractivity contribution in [1.29, 1.82) is 0 Å². The van der Waals surface area contributed by atoms with E-state index in [4.69, 9.17) is 10.7 Å². The fourth-order valence-corrected chi connectivity index (χ4v) is 4.38. The Morgan fingerprint density at radius 3 is 2.59 bits per heavy atom. The van der Waals surface area contributed by atoms with E-state index in [2.05, 4.69) is 4.98 Å². The molecule has 0 unspecified atom stereocenters. The summed E-state index contributed by atoms with van der Waals surface area (Å²) in [7, 11) is 0. The molecule has 1 aliphatic heterocycles. The largest absolute Gasteiger partial charge is 0.368 e. The van der Waals surface area contributed by atoms with Crippen LogP contribution in [0.3, 0.4) is 0 Å².